The van der Waals surface area contributed by atoms with Gasteiger partial charge in [0, 0.05) is 19.5 Å². The van der Waals surface area contributed by atoms with Crippen molar-refractivity contribution in [2.75, 3.05) is 19.4 Å². The van der Waals surface area contributed by atoms with Crippen molar-refractivity contribution in [3.63, 3.8) is 0 Å². The third kappa shape index (κ3) is 6.12. The fourth-order valence-electron chi connectivity index (χ4n) is 4.65. The van der Waals surface area contributed by atoms with Crippen molar-refractivity contribution in [1.29, 1.82) is 0 Å². The summed E-state index contributed by atoms with van der Waals surface area (Å²) in [6.45, 7) is 1.92. The second-order valence-electron chi connectivity index (χ2n) is 8.48. The Hall–Kier alpha value is -1.77. The molecule has 1 aliphatic carbocycles. The predicted molar refractivity (Wildman–Crippen MR) is 115 cm³/mol. The molecule has 2 atom stereocenters. The minimum atomic E-state index is -3.44. The minimum absolute atomic E-state index is 0.0834. The van der Waals surface area contributed by atoms with Gasteiger partial charge in [-0.2, -0.15) is 0 Å². The van der Waals surface area contributed by atoms with Crippen LogP contribution in [0.2, 0.25) is 0 Å². The van der Waals surface area contributed by atoms with Gasteiger partial charge in [-0.25, -0.2) is 13.1 Å². The molecule has 1 saturated heterocycles. The van der Waals surface area contributed by atoms with Crippen LogP contribution in [0.15, 0.2) is 30.3 Å². The number of hydrogen-bond acceptors (Lipinski definition) is 5. The van der Waals surface area contributed by atoms with E-state index in [1.165, 1.54) is 17.4 Å². The number of benzene rings is 1. The van der Waals surface area contributed by atoms with Crippen molar-refractivity contribution in [2.45, 2.75) is 69.6 Å². The summed E-state index contributed by atoms with van der Waals surface area (Å²) in [5, 5.41) is 0. The lowest BCUT2D eigenvalue weighted by Crippen LogP contribution is -2.60. The monoisotopic (exact) mass is 436 g/mol. The summed E-state index contributed by atoms with van der Waals surface area (Å²) in [6, 6.07) is 9.57. The van der Waals surface area contributed by atoms with Gasteiger partial charge in [-0.05, 0) is 50.0 Å². The third-order valence-corrected chi connectivity index (χ3v) is 6.89. The summed E-state index contributed by atoms with van der Waals surface area (Å²) >= 11 is 0. The first kappa shape index (κ1) is 22.9. The Morgan fingerprint density at radius 1 is 1.10 bits per heavy atom. The number of carbonyl (C=O) groups excluding carboxylic acids is 2. The van der Waals surface area contributed by atoms with Crippen LogP contribution >= 0.6 is 0 Å². The standard InChI is InChI=1S/C22H32N2O5S/c1-16(25)22(26)24-14-6-9-20(23-30(2,27)28)21(24)15-29-19-12-10-18(11-13-19)17-7-4-3-5-8-17/h3-5,7-8,18-21,23H,6,9-15H2,1-2H3/t18-,19+,20-,21-/m0/s1. The van der Waals surface area contributed by atoms with Crippen LogP contribution in [0.3, 0.4) is 0 Å². The number of rotatable bonds is 7. The van der Waals surface area contributed by atoms with E-state index in [-0.39, 0.29) is 12.7 Å². The largest absolute Gasteiger partial charge is 0.376 e. The van der Waals surface area contributed by atoms with Crippen molar-refractivity contribution in [2.24, 2.45) is 0 Å². The second-order valence-corrected chi connectivity index (χ2v) is 10.3. The molecule has 1 N–H and O–H groups in total. The molecule has 0 aromatic heterocycles. The van der Waals surface area contributed by atoms with E-state index < -0.39 is 33.8 Å². The average molecular weight is 437 g/mol. The second kappa shape index (κ2) is 10.0. The molecule has 166 valence electrons. The normalized spacial score (nSPS) is 27.6. The zero-order valence-corrected chi connectivity index (χ0v) is 18.6. The van der Waals surface area contributed by atoms with Crippen molar-refractivity contribution in [1.82, 2.24) is 9.62 Å². The van der Waals surface area contributed by atoms with Crippen molar-refractivity contribution in [3.05, 3.63) is 35.9 Å². The number of likely N-dealkylation sites (tertiary alicyclic amines) is 1. The van der Waals surface area contributed by atoms with E-state index in [1.54, 1.807) is 0 Å². The number of nitrogens with zero attached hydrogens (tertiary/aromatic N) is 1. The number of piperidine rings is 1. The Morgan fingerprint density at radius 3 is 2.37 bits per heavy atom. The van der Waals surface area contributed by atoms with Gasteiger partial charge >= 0.3 is 0 Å². The Labute approximate surface area is 179 Å². The van der Waals surface area contributed by atoms with Gasteiger partial charge in [-0.1, -0.05) is 30.3 Å². The smallest absolute Gasteiger partial charge is 0.290 e. The first-order valence-corrected chi connectivity index (χ1v) is 12.6. The molecule has 1 amide bonds. The maximum atomic E-state index is 12.4. The summed E-state index contributed by atoms with van der Waals surface area (Å²) in [7, 11) is -3.44. The molecule has 0 spiro atoms. The van der Waals surface area contributed by atoms with Gasteiger partial charge < -0.3 is 9.64 Å². The van der Waals surface area contributed by atoms with Crippen LogP contribution in [0.4, 0.5) is 0 Å². The molecule has 2 fully saturated rings. The maximum Gasteiger partial charge on any atom is 0.290 e. The van der Waals surface area contributed by atoms with Gasteiger partial charge in [-0.15, -0.1) is 0 Å². The fraction of sp³-hybridized carbons (Fsp3) is 0.636. The molecule has 8 heteroatoms. The van der Waals surface area contributed by atoms with Gasteiger partial charge in [0.25, 0.3) is 5.91 Å². The van der Waals surface area contributed by atoms with E-state index in [0.29, 0.717) is 25.3 Å². The topological polar surface area (TPSA) is 92.8 Å². The SMILES string of the molecule is CC(=O)C(=O)N1CCC[C@H](NS(C)(=O)=O)[C@@H]1CO[C@H]1CC[C@@H](c2ccccc2)CC1. The lowest BCUT2D eigenvalue weighted by Gasteiger charge is -2.41. The van der Waals surface area contributed by atoms with Crippen LogP contribution < -0.4 is 4.72 Å². The first-order chi connectivity index (χ1) is 14.2. The number of sulfonamides is 1. The molecule has 30 heavy (non-hydrogen) atoms. The van der Waals surface area contributed by atoms with E-state index in [0.717, 1.165) is 31.9 Å². The van der Waals surface area contributed by atoms with Crippen LogP contribution in [-0.4, -0.2) is 62.6 Å². The lowest BCUT2D eigenvalue weighted by atomic mass is 9.83. The van der Waals surface area contributed by atoms with E-state index in [9.17, 15) is 18.0 Å². The molecular formula is C22H32N2O5S. The van der Waals surface area contributed by atoms with Crippen molar-refractivity contribution in [3.8, 4) is 0 Å². The van der Waals surface area contributed by atoms with Crippen molar-refractivity contribution < 1.29 is 22.7 Å². The summed E-state index contributed by atoms with van der Waals surface area (Å²) in [4.78, 5) is 25.6. The Bertz CT molecular complexity index is 834. The summed E-state index contributed by atoms with van der Waals surface area (Å²) in [6.07, 6.45) is 6.39. The van der Waals surface area contributed by atoms with E-state index in [2.05, 4.69) is 29.0 Å². The van der Waals surface area contributed by atoms with Gasteiger partial charge in [0.05, 0.1) is 25.0 Å². The number of Topliss-reactive ketones (excluding diaryl/α,β-unsaturated/α-hetero) is 1. The molecule has 1 aliphatic heterocycles. The highest BCUT2D eigenvalue weighted by Crippen LogP contribution is 2.34. The first-order valence-electron chi connectivity index (χ1n) is 10.7. The average Bonchev–Trinajstić information content (AvgIpc) is 2.72. The molecule has 3 rings (SSSR count). The molecule has 0 unspecified atom stereocenters. The highest BCUT2D eigenvalue weighted by molar-refractivity contribution is 7.88. The summed E-state index contributed by atoms with van der Waals surface area (Å²) in [5.41, 5.74) is 1.36. The zero-order valence-electron chi connectivity index (χ0n) is 17.7. The summed E-state index contributed by atoms with van der Waals surface area (Å²) in [5.74, 6) is -0.573. The number of ketones is 1. The molecule has 7 nitrogen and oxygen atoms in total. The molecule has 1 aromatic carbocycles. The highest BCUT2D eigenvalue weighted by Gasteiger charge is 2.38. The van der Waals surface area contributed by atoms with Gasteiger partial charge in [0.2, 0.25) is 15.8 Å². The third-order valence-electron chi connectivity index (χ3n) is 6.15. The van der Waals surface area contributed by atoms with E-state index in [4.69, 9.17) is 4.74 Å². The molecule has 1 aromatic rings. The number of amides is 1. The van der Waals surface area contributed by atoms with Gasteiger partial charge in [0.1, 0.15) is 0 Å². The fourth-order valence-corrected chi connectivity index (χ4v) is 5.48. The Kier molecular flexibility index (Phi) is 7.65. The van der Waals surface area contributed by atoms with Crippen LogP contribution in [0.1, 0.15) is 56.9 Å². The molecule has 0 bridgehead atoms. The number of hydrogen-bond donors (Lipinski definition) is 1. The minimum Gasteiger partial charge on any atom is -0.376 e. The van der Waals surface area contributed by atoms with Crippen LogP contribution in [-0.2, 0) is 24.3 Å². The highest BCUT2D eigenvalue weighted by atomic mass is 32.2. The van der Waals surface area contributed by atoms with Crippen LogP contribution in [0.25, 0.3) is 0 Å². The molecule has 0 radical (unpaired) electrons. The summed E-state index contributed by atoms with van der Waals surface area (Å²) < 4.78 is 32.4. The van der Waals surface area contributed by atoms with E-state index in [1.807, 2.05) is 6.07 Å². The van der Waals surface area contributed by atoms with Gasteiger partial charge in [-0.3, -0.25) is 9.59 Å². The number of nitrogens with one attached hydrogen (secondary N) is 1. The molecule has 1 heterocycles. The zero-order chi connectivity index (χ0) is 21.7. The quantitative estimate of drug-likeness (QED) is 0.662. The molecule has 2 aliphatic rings. The lowest BCUT2D eigenvalue weighted by molar-refractivity contribution is -0.148. The molecule has 1 saturated carbocycles. The van der Waals surface area contributed by atoms with Crippen molar-refractivity contribution >= 4 is 21.7 Å². The maximum absolute atomic E-state index is 12.4. The molecular weight excluding hydrogens is 404 g/mol. The van der Waals surface area contributed by atoms with Crippen LogP contribution in [0, 0.1) is 0 Å². The number of ether oxygens (including phenoxy) is 1. The van der Waals surface area contributed by atoms with Gasteiger partial charge in [0.15, 0.2) is 0 Å². The number of carbonyl (C=O) groups is 2. The predicted octanol–water partition coefficient (Wildman–Crippen LogP) is 2.23. The van der Waals surface area contributed by atoms with Crippen LogP contribution in [0.5, 0.6) is 0 Å². The van der Waals surface area contributed by atoms with E-state index >= 15 is 0 Å². The Morgan fingerprint density at radius 2 is 1.77 bits per heavy atom. The Balaban J connectivity index is 1.62.